The minimum atomic E-state index is -4.52. The molecule has 0 spiro atoms. The van der Waals surface area contributed by atoms with Gasteiger partial charge in [-0.25, -0.2) is 0 Å². The van der Waals surface area contributed by atoms with Crippen LogP contribution in [0.4, 0.5) is 13.2 Å². The molecule has 0 aromatic heterocycles. The van der Waals surface area contributed by atoms with Gasteiger partial charge in [-0.3, -0.25) is 9.59 Å². The Kier molecular flexibility index (Phi) is 3.85. The topological polar surface area (TPSA) is 57.6 Å². The van der Waals surface area contributed by atoms with Gasteiger partial charge < -0.3 is 10.0 Å². The van der Waals surface area contributed by atoms with Crippen molar-refractivity contribution >= 4 is 11.9 Å². The lowest BCUT2D eigenvalue weighted by molar-refractivity contribution is -0.151. The summed E-state index contributed by atoms with van der Waals surface area (Å²) in [6.45, 7) is 1.78. The van der Waals surface area contributed by atoms with Crippen molar-refractivity contribution in [3.8, 4) is 0 Å². The van der Waals surface area contributed by atoms with E-state index in [1.807, 2.05) is 0 Å². The van der Waals surface area contributed by atoms with Crippen molar-refractivity contribution in [3.63, 3.8) is 0 Å². The van der Waals surface area contributed by atoms with E-state index in [4.69, 9.17) is 0 Å². The number of alkyl halides is 3. The largest absolute Gasteiger partial charge is 0.481 e. The van der Waals surface area contributed by atoms with E-state index < -0.39 is 35.1 Å². The van der Waals surface area contributed by atoms with E-state index in [2.05, 4.69) is 0 Å². The molecular weight excluding hydrogens is 323 g/mol. The third-order valence-corrected chi connectivity index (χ3v) is 5.47. The molecule has 1 N–H and O–H groups in total. The summed E-state index contributed by atoms with van der Waals surface area (Å²) in [5, 5.41) is 9.62. The maximum absolute atomic E-state index is 12.9. The van der Waals surface area contributed by atoms with Crippen molar-refractivity contribution in [1.29, 1.82) is 0 Å². The standard InChI is InChI=1S/C17H18F3NO3/c1-2-16(15(23)24)9-12-6-7-13(16)21(12)14(22)10-4-3-5-11(8-10)17(18,19)20/h3-5,8,12-13H,2,6-7,9H2,1H3,(H,23,24)/t12-,13+,16+/m0/s1. The molecule has 1 aromatic carbocycles. The first-order valence-electron chi connectivity index (χ1n) is 7.94. The highest BCUT2D eigenvalue weighted by Gasteiger charge is 2.60. The normalized spacial score (nSPS) is 29.1. The van der Waals surface area contributed by atoms with E-state index in [0.29, 0.717) is 25.7 Å². The number of hydrogen-bond donors (Lipinski definition) is 1. The van der Waals surface area contributed by atoms with Crippen LogP contribution >= 0.6 is 0 Å². The first-order chi connectivity index (χ1) is 11.2. The fraction of sp³-hybridized carbons (Fsp3) is 0.529. The van der Waals surface area contributed by atoms with Crippen molar-refractivity contribution in [3.05, 3.63) is 35.4 Å². The van der Waals surface area contributed by atoms with E-state index in [9.17, 15) is 27.9 Å². The van der Waals surface area contributed by atoms with Crippen LogP contribution in [0.3, 0.4) is 0 Å². The van der Waals surface area contributed by atoms with Gasteiger partial charge in [0.05, 0.1) is 11.0 Å². The molecule has 0 aliphatic carbocycles. The second kappa shape index (κ2) is 5.50. The molecule has 2 aliphatic rings. The molecule has 2 saturated heterocycles. The van der Waals surface area contributed by atoms with Gasteiger partial charge in [-0.2, -0.15) is 13.2 Å². The summed E-state index contributed by atoms with van der Waals surface area (Å²) in [5.74, 6) is -1.44. The molecule has 3 atom stereocenters. The second-order valence-electron chi connectivity index (χ2n) is 6.56. The highest BCUT2D eigenvalue weighted by Crippen LogP contribution is 2.52. The Morgan fingerprint density at radius 3 is 2.58 bits per heavy atom. The zero-order valence-electron chi connectivity index (χ0n) is 13.1. The number of carboxylic acids is 1. The molecule has 1 aromatic rings. The molecule has 2 fully saturated rings. The predicted octanol–water partition coefficient (Wildman–Crippen LogP) is 3.56. The fourth-order valence-electron chi connectivity index (χ4n) is 4.23. The summed E-state index contributed by atoms with van der Waals surface area (Å²) in [7, 11) is 0. The third-order valence-electron chi connectivity index (χ3n) is 5.47. The van der Waals surface area contributed by atoms with E-state index in [1.54, 1.807) is 6.92 Å². The minimum absolute atomic E-state index is 0.0426. The first-order valence-corrected chi connectivity index (χ1v) is 7.94. The number of rotatable bonds is 3. The van der Waals surface area contributed by atoms with Crippen molar-refractivity contribution in [1.82, 2.24) is 4.90 Å². The number of carbonyl (C=O) groups excluding carboxylic acids is 1. The molecule has 2 bridgehead atoms. The van der Waals surface area contributed by atoms with Crippen LogP contribution in [-0.2, 0) is 11.0 Å². The van der Waals surface area contributed by atoms with Crippen LogP contribution < -0.4 is 0 Å². The SMILES string of the molecule is CC[C@@]1(C(=O)O)C[C@@H]2CC[C@H]1N2C(=O)c1cccc(C(F)(F)F)c1. The van der Waals surface area contributed by atoms with Crippen LogP contribution in [0.5, 0.6) is 0 Å². The number of halogens is 3. The summed E-state index contributed by atoms with van der Waals surface area (Å²) >= 11 is 0. The number of nitrogens with zero attached hydrogens (tertiary/aromatic N) is 1. The van der Waals surface area contributed by atoms with Gasteiger partial charge in [-0.1, -0.05) is 13.0 Å². The molecule has 0 radical (unpaired) electrons. The Bertz CT molecular complexity index is 688. The van der Waals surface area contributed by atoms with E-state index in [0.717, 1.165) is 12.1 Å². The molecule has 1 amide bonds. The number of carboxylic acid groups (broad SMARTS) is 1. The van der Waals surface area contributed by atoms with Gasteiger partial charge >= 0.3 is 12.1 Å². The van der Waals surface area contributed by atoms with Gasteiger partial charge in [0, 0.05) is 17.6 Å². The van der Waals surface area contributed by atoms with Crippen LogP contribution in [0, 0.1) is 5.41 Å². The summed E-state index contributed by atoms with van der Waals surface area (Å²) in [6.07, 6.45) is -2.47. The van der Waals surface area contributed by atoms with Crippen LogP contribution in [0.1, 0.15) is 48.5 Å². The summed E-state index contributed by atoms with van der Waals surface area (Å²) in [4.78, 5) is 26.0. The molecule has 0 saturated carbocycles. The second-order valence-corrected chi connectivity index (χ2v) is 6.56. The molecule has 7 heteroatoms. The van der Waals surface area contributed by atoms with Crippen molar-refractivity contribution in [2.24, 2.45) is 5.41 Å². The summed E-state index contributed by atoms with van der Waals surface area (Å²) in [5.41, 5.74) is -1.90. The van der Waals surface area contributed by atoms with Gasteiger partial charge in [-0.15, -0.1) is 0 Å². The number of fused-ring (bicyclic) bond motifs is 2. The van der Waals surface area contributed by atoms with Gasteiger partial charge in [0.1, 0.15) is 0 Å². The number of benzene rings is 1. The number of hydrogen-bond acceptors (Lipinski definition) is 2. The maximum atomic E-state index is 12.9. The molecule has 2 aliphatic heterocycles. The fourth-order valence-corrected chi connectivity index (χ4v) is 4.23. The lowest BCUT2D eigenvalue weighted by atomic mass is 9.72. The monoisotopic (exact) mass is 341 g/mol. The molecule has 0 unspecified atom stereocenters. The van der Waals surface area contributed by atoms with Gasteiger partial charge in [-0.05, 0) is 43.9 Å². The zero-order valence-corrected chi connectivity index (χ0v) is 13.1. The quantitative estimate of drug-likeness (QED) is 0.914. The smallest absolute Gasteiger partial charge is 0.416 e. The molecule has 3 rings (SSSR count). The average molecular weight is 341 g/mol. The van der Waals surface area contributed by atoms with Gasteiger partial charge in [0.25, 0.3) is 5.91 Å². The van der Waals surface area contributed by atoms with Crippen LogP contribution in [0.25, 0.3) is 0 Å². The van der Waals surface area contributed by atoms with E-state index in [1.165, 1.54) is 17.0 Å². The Morgan fingerprint density at radius 1 is 1.33 bits per heavy atom. The van der Waals surface area contributed by atoms with Crippen LogP contribution in [0.2, 0.25) is 0 Å². The highest BCUT2D eigenvalue weighted by molar-refractivity contribution is 5.96. The van der Waals surface area contributed by atoms with Crippen molar-refractivity contribution < 1.29 is 27.9 Å². The van der Waals surface area contributed by atoms with E-state index in [-0.39, 0.29) is 11.6 Å². The molecule has 2 heterocycles. The maximum Gasteiger partial charge on any atom is 0.416 e. The van der Waals surface area contributed by atoms with Crippen molar-refractivity contribution in [2.75, 3.05) is 0 Å². The Balaban J connectivity index is 1.93. The Labute approximate surface area is 137 Å². The average Bonchev–Trinajstić information content (AvgIpc) is 3.09. The third kappa shape index (κ3) is 2.37. The van der Waals surface area contributed by atoms with Crippen LogP contribution in [-0.4, -0.2) is 34.0 Å². The number of aliphatic carboxylic acids is 1. The Morgan fingerprint density at radius 2 is 2.04 bits per heavy atom. The summed E-state index contributed by atoms with van der Waals surface area (Å²) < 4.78 is 38.6. The molecular formula is C17H18F3NO3. The highest BCUT2D eigenvalue weighted by atomic mass is 19.4. The predicted molar refractivity (Wildman–Crippen MR) is 79.4 cm³/mol. The number of amides is 1. The van der Waals surface area contributed by atoms with E-state index >= 15 is 0 Å². The van der Waals surface area contributed by atoms with Crippen molar-refractivity contribution in [2.45, 2.75) is 50.9 Å². The first kappa shape index (κ1) is 16.8. The van der Waals surface area contributed by atoms with Crippen LogP contribution in [0.15, 0.2) is 24.3 Å². The zero-order chi connectivity index (χ0) is 17.7. The molecule has 130 valence electrons. The Hall–Kier alpha value is -2.05. The molecule has 24 heavy (non-hydrogen) atoms. The van der Waals surface area contributed by atoms with Gasteiger partial charge in [0.2, 0.25) is 0 Å². The number of carbonyl (C=O) groups is 2. The lowest BCUT2D eigenvalue weighted by Gasteiger charge is -2.32. The molecule has 4 nitrogen and oxygen atoms in total. The summed E-state index contributed by atoms with van der Waals surface area (Å²) in [6, 6.07) is 3.65. The van der Waals surface area contributed by atoms with Gasteiger partial charge in [0.15, 0.2) is 0 Å². The lowest BCUT2D eigenvalue weighted by Crippen LogP contribution is -2.44. The minimum Gasteiger partial charge on any atom is -0.481 e.